The van der Waals surface area contributed by atoms with E-state index in [0.29, 0.717) is 11.1 Å². The molecule has 2 rings (SSSR count). The van der Waals surface area contributed by atoms with Crippen LogP contribution in [-0.2, 0) is 6.18 Å². The van der Waals surface area contributed by atoms with Crippen LogP contribution in [0.5, 0.6) is 0 Å². The summed E-state index contributed by atoms with van der Waals surface area (Å²) >= 11 is 5.59. The third-order valence-electron chi connectivity index (χ3n) is 2.19. The quantitative estimate of drug-likeness (QED) is 0.689. The third-order valence-corrected chi connectivity index (χ3v) is 2.39. The fraction of sp³-hybridized carbons (Fsp3) is 0.0833. The number of benzene rings is 1. The molecule has 88 valence electrons. The van der Waals surface area contributed by atoms with E-state index in [9.17, 15) is 13.2 Å². The highest BCUT2D eigenvalue weighted by Crippen LogP contribution is 2.32. The van der Waals surface area contributed by atoms with Gasteiger partial charge in [0.15, 0.2) is 0 Å². The average molecular weight is 258 g/mol. The summed E-state index contributed by atoms with van der Waals surface area (Å²) in [4.78, 5) is 3.27. The molecule has 1 aromatic heterocycles. The van der Waals surface area contributed by atoms with E-state index in [1.807, 2.05) is 0 Å². The molecule has 0 amide bonds. The van der Waals surface area contributed by atoms with Crippen LogP contribution in [0.15, 0.2) is 42.5 Å². The van der Waals surface area contributed by atoms with Crippen molar-refractivity contribution in [1.29, 1.82) is 0 Å². The summed E-state index contributed by atoms with van der Waals surface area (Å²) in [5, 5.41) is -0.168. The first-order valence-corrected chi connectivity index (χ1v) is 5.15. The second kappa shape index (κ2) is 4.37. The number of halogens is 4. The minimum absolute atomic E-state index is 0.168. The van der Waals surface area contributed by atoms with E-state index in [2.05, 4.69) is 4.98 Å². The average Bonchev–Trinajstić information content (AvgIpc) is 2.28. The van der Waals surface area contributed by atoms with Gasteiger partial charge >= 0.3 is 6.18 Å². The molecule has 0 bridgehead atoms. The summed E-state index contributed by atoms with van der Waals surface area (Å²) < 4.78 is 37.6. The van der Waals surface area contributed by atoms with Crippen molar-refractivity contribution in [3.63, 3.8) is 0 Å². The van der Waals surface area contributed by atoms with Gasteiger partial charge in [-0.15, -0.1) is 0 Å². The Bertz CT molecular complexity index is 523. The van der Waals surface area contributed by atoms with Crippen LogP contribution in [0.4, 0.5) is 13.2 Å². The number of nitrogens with zero attached hydrogens (tertiary/aromatic N) is 1. The molecule has 0 aliphatic carbocycles. The minimum Gasteiger partial charge on any atom is -0.232 e. The maximum absolute atomic E-state index is 12.5. The van der Waals surface area contributed by atoms with Gasteiger partial charge in [-0.1, -0.05) is 41.9 Å². The zero-order valence-electron chi connectivity index (χ0n) is 8.50. The number of pyridine rings is 1. The summed E-state index contributed by atoms with van der Waals surface area (Å²) in [6.45, 7) is 0. The minimum atomic E-state index is -4.49. The van der Waals surface area contributed by atoms with E-state index in [4.69, 9.17) is 11.6 Å². The molecule has 0 unspecified atom stereocenters. The standard InChI is InChI=1S/C12H7ClF3N/c13-11-7-9(8-4-2-1-3-5-8)6-10(17-11)12(14,15)16/h1-7H. The zero-order valence-corrected chi connectivity index (χ0v) is 9.26. The molecule has 1 heterocycles. The molecule has 0 saturated carbocycles. The third kappa shape index (κ3) is 2.77. The Morgan fingerprint density at radius 3 is 2.18 bits per heavy atom. The molecule has 0 N–H and O–H groups in total. The van der Waals surface area contributed by atoms with Gasteiger partial charge < -0.3 is 0 Å². The van der Waals surface area contributed by atoms with Crippen LogP contribution in [0.1, 0.15) is 5.69 Å². The lowest BCUT2D eigenvalue weighted by molar-refractivity contribution is -0.141. The Morgan fingerprint density at radius 2 is 1.59 bits per heavy atom. The van der Waals surface area contributed by atoms with E-state index >= 15 is 0 Å². The van der Waals surface area contributed by atoms with Crippen molar-refractivity contribution in [2.45, 2.75) is 6.18 Å². The van der Waals surface area contributed by atoms with Crippen molar-refractivity contribution >= 4 is 11.6 Å². The summed E-state index contributed by atoms with van der Waals surface area (Å²) in [7, 11) is 0. The highest BCUT2D eigenvalue weighted by Gasteiger charge is 2.33. The first kappa shape index (κ1) is 11.9. The van der Waals surface area contributed by atoms with Crippen LogP contribution in [-0.4, -0.2) is 4.98 Å². The highest BCUT2D eigenvalue weighted by atomic mass is 35.5. The molecule has 17 heavy (non-hydrogen) atoms. The monoisotopic (exact) mass is 257 g/mol. The van der Waals surface area contributed by atoms with Gasteiger partial charge in [0, 0.05) is 0 Å². The lowest BCUT2D eigenvalue weighted by Gasteiger charge is -2.08. The first-order valence-electron chi connectivity index (χ1n) is 4.77. The van der Waals surface area contributed by atoms with Gasteiger partial charge in [-0.2, -0.15) is 13.2 Å². The molecule has 0 aliphatic heterocycles. The van der Waals surface area contributed by atoms with Crippen molar-refractivity contribution in [1.82, 2.24) is 4.98 Å². The predicted octanol–water partition coefficient (Wildman–Crippen LogP) is 4.42. The number of hydrogen-bond donors (Lipinski definition) is 0. The molecule has 2 aromatic rings. The molecule has 1 aromatic carbocycles. The molecular formula is C12H7ClF3N. The molecule has 0 fully saturated rings. The van der Waals surface area contributed by atoms with Crippen LogP contribution in [0.3, 0.4) is 0 Å². The largest absolute Gasteiger partial charge is 0.433 e. The molecule has 0 saturated heterocycles. The smallest absolute Gasteiger partial charge is 0.232 e. The van der Waals surface area contributed by atoms with Crippen molar-refractivity contribution in [2.24, 2.45) is 0 Å². The Balaban J connectivity index is 2.54. The Hall–Kier alpha value is -1.55. The van der Waals surface area contributed by atoms with E-state index in [1.54, 1.807) is 30.3 Å². The van der Waals surface area contributed by atoms with E-state index in [0.717, 1.165) is 6.07 Å². The normalized spacial score (nSPS) is 11.5. The van der Waals surface area contributed by atoms with Gasteiger partial charge in [0.05, 0.1) is 0 Å². The molecule has 0 radical (unpaired) electrons. The van der Waals surface area contributed by atoms with Gasteiger partial charge in [0.2, 0.25) is 0 Å². The van der Waals surface area contributed by atoms with Gasteiger partial charge in [-0.05, 0) is 23.3 Å². The van der Waals surface area contributed by atoms with Crippen molar-refractivity contribution < 1.29 is 13.2 Å². The van der Waals surface area contributed by atoms with Gasteiger partial charge in [0.1, 0.15) is 10.8 Å². The van der Waals surface area contributed by atoms with E-state index < -0.39 is 11.9 Å². The van der Waals surface area contributed by atoms with Crippen LogP contribution in [0.2, 0.25) is 5.15 Å². The topological polar surface area (TPSA) is 12.9 Å². The summed E-state index contributed by atoms with van der Waals surface area (Å²) in [5.41, 5.74) is 0.0871. The Labute approximate surface area is 101 Å². The Kier molecular flexibility index (Phi) is 3.07. The second-order valence-corrected chi connectivity index (χ2v) is 3.81. The van der Waals surface area contributed by atoms with Crippen molar-refractivity contribution in [3.8, 4) is 11.1 Å². The molecule has 0 aliphatic rings. The lowest BCUT2D eigenvalue weighted by Crippen LogP contribution is -2.08. The molecular weight excluding hydrogens is 251 g/mol. The maximum atomic E-state index is 12.5. The first-order chi connectivity index (χ1) is 7.97. The fourth-order valence-corrected chi connectivity index (χ4v) is 1.65. The van der Waals surface area contributed by atoms with Crippen molar-refractivity contribution in [3.05, 3.63) is 53.3 Å². The second-order valence-electron chi connectivity index (χ2n) is 3.43. The number of alkyl halides is 3. The fourth-order valence-electron chi connectivity index (χ4n) is 1.44. The van der Waals surface area contributed by atoms with Crippen LogP contribution < -0.4 is 0 Å². The summed E-state index contributed by atoms with van der Waals surface area (Å²) in [6, 6.07) is 11.1. The number of aromatic nitrogens is 1. The van der Waals surface area contributed by atoms with E-state index in [-0.39, 0.29) is 5.15 Å². The highest BCUT2D eigenvalue weighted by molar-refractivity contribution is 6.29. The molecule has 1 nitrogen and oxygen atoms in total. The molecule has 0 atom stereocenters. The van der Waals surface area contributed by atoms with Crippen LogP contribution >= 0.6 is 11.6 Å². The predicted molar refractivity (Wildman–Crippen MR) is 59.7 cm³/mol. The summed E-state index contributed by atoms with van der Waals surface area (Å²) in [6.07, 6.45) is -4.49. The van der Waals surface area contributed by atoms with Crippen LogP contribution in [0, 0.1) is 0 Å². The lowest BCUT2D eigenvalue weighted by atomic mass is 10.1. The van der Waals surface area contributed by atoms with E-state index in [1.165, 1.54) is 6.07 Å². The SMILES string of the molecule is FC(F)(F)c1cc(-c2ccccc2)cc(Cl)n1. The molecule has 0 spiro atoms. The molecule has 5 heteroatoms. The van der Waals surface area contributed by atoms with Crippen molar-refractivity contribution in [2.75, 3.05) is 0 Å². The van der Waals surface area contributed by atoms with Crippen LogP contribution in [0.25, 0.3) is 11.1 Å². The number of hydrogen-bond acceptors (Lipinski definition) is 1. The van der Waals surface area contributed by atoms with Gasteiger partial charge in [-0.3, -0.25) is 0 Å². The zero-order chi connectivity index (χ0) is 12.5. The van der Waals surface area contributed by atoms with Gasteiger partial charge in [-0.25, -0.2) is 4.98 Å². The maximum Gasteiger partial charge on any atom is 0.433 e. The van der Waals surface area contributed by atoms with Gasteiger partial charge in [0.25, 0.3) is 0 Å². The Morgan fingerprint density at radius 1 is 0.941 bits per heavy atom. The summed E-state index contributed by atoms with van der Waals surface area (Å²) in [5.74, 6) is 0. The number of rotatable bonds is 1.